The van der Waals surface area contributed by atoms with Crippen LogP contribution in [0.25, 0.3) is 0 Å². The number of amides is 2. The van der Waals surface area contributed by atoms with E-state index in [4.69, 9.17) is 0 Å². The Balaban J connectivity index is 2.15. The number of nitrogens with one attached hydrogen (secondary N) is 1. The first kappa shape index (κ1) is 28.4. The Morgan fingerprint density at radius 3 is 2.37 bits per heavy atom. The van der Waals surface area contributed by atoms with Crippen molar-refractivity contribution >= 4 is 27.5 Å². The lowest BCUT2D eigenvalue weighted by Crippen LogP contribution is -2.48. The molecule has 0 saturated carbocycles. The van der Waals surface area contributed by atoms with Crippen molar-refractivity contribution in [3.05, 3.63) is 65.2 Å². The van der Waals surface area contributed by atoms with Crippen molar-refractivity contribution < 1.29 is 18.0 Å². The molecule has 1 N–H and O–H groups in total. The Kier molecular flexibility index (Phi) is 10.8. The van der Waals surface area contributed by atoms with Crippen molar-refractivity contribution in [1.29, 1.82) is 0 Å². The molecule has 35 heavy (non-hydrogen) atoms. The number of benzene rings is 2. The van der Waals surface area contributed by atoms with Gasteiger partial charge in [-0.1, -0.05) is 49.7 Å². The maximum absolute atomic E-state index is 13.3. The molecule has 0 spiro atoms. The van der Waals surface area contributed by atoms with Crippen molar-refractivity contribution in [2.24, 2.45) is 0 Å². The standard InChI is InChI=1S/C27H39N3O4S/c1-6-7-17-28-27(32)23(4)29(20-24-14-9-8-13-22(24)3)26(31)16-11-18-30(35(5,33)34)25-15-10-12-21(2)19-25/h8-10,12-15,19,23H,6-7,11,16-18,20H2,1-5H3,(H,28,32). The average Bonchev–Trinajstić information content (AvgIpc) is 2.80. The van der Waals surface area contributed by atoms with E-state index in [9.17, 15) is 18.0 Å². The molecule has 0 radical (unpaired) electrons. The highest BCUT2D eigenvalue weighted by atomic mass is 32.2. The molecular formula is C27H39N3O4S. The number of sulfonamides is 1. The number of hydrogen-bond acceptors (Lipinski definition) is 4. The van der Waals surface area contributed by atoms with Crippen LogP contribution in [0.4, 0.5) is 5.69 Å². The fraction of sp³-hybridized carbons (Fsp3) is 0.481. The Labute approximate surface area is 210 Å². The third-order valence-electron chi connectivity index (χ3n) is 6.04. The third-order valence-corrected chi connectivity index (χ3v) is 7.23. The number of hydrogen-bond donors (Lipinski definition) is 1. The monoisotopic (exact) mass is 501 g/mol. The predicted molar refractivity (Wildman–Crippen MR) is 142 cm³/mol. The summed E-state index contributed by atoms with van der Waals surface area (Å²) in [6.07, 6.45) is 3.50. The minimum atomic E-state index is -3.51. The van der Waals surface area contributed by atoms with Crippen molar-refractivity contribution in [2.75, 3.05) is 23.7 Å². The summed E-state index contributed by atoms with van der Waals surface area (Å²) in [4.78, 5) is 27.7. The van der Waals surface area contributed by atoms with E-state index < -0.39 is 16.1 Å². The molecule has 2 aromatic rings. The van der Waals surface area contributed by atoms with Crippen LogP contribution in [0, 0.1) is 13.8 Å². The van der Waals surface area contributed by atoms with E-state index in [1.165, 1.54) is 10.6 Å². The maximum Gasteiger partial charge on any atom is 0.242 e. The maximum atomic E-state index is 13.3. The lowest BCUT2D eigenvalue weighted by molar-refractivity contribution is -0.140. The van der Waals surface area contributed by atoms with Crippen LogP contribution in [0.5, 0.6) is 0 Å². The summed E-state index contributed by atoms with van der Waals surface area (Å²) in [6, 6.07) is 14.5. The number of anilines is 1. The normalized spacial score (nSPS) is 12.1. The smallest absolute Gasteiger partial charge is 0.242 e. The molecule has 2 rings (SSSR count). The molecule has 0 saturated heterocycles. The van der Waals surface area contributed by atoms with Crippen molar-refractivity contribution in [1.82, 2.24) is 10.2 Å². The van der Waals surface area contributed by atoms with Gasteiger partial charge in [0.15, 0.2) is 0 Å². The molecule has 1 atom stereocenters. The molecule has 0 aliphatic carbocycles. The van der Waals surface area contributed by atoms with E-state index in [1.807, 2.05) is 56.3 Å². The highest BCUT2D eigenvalue weighted by Crippen LogP contribution is 2.20. The van der Waals surface area contributed by atoms with Crippen LogP contribution < -0.4 is 9.62 Å². The number of nitrogens with zero attached hydrogens (tertiary/aromatic N) is 2. The SMILES string of the molecule is CCCCNC(=O)C(C)N(Cc1ccccc1C)C(=O)CCCN(c1cccc(C)c1)S(C)(=O)=O. The fourth-order valence-corrected chi connectivity index (χ4v) is 4.83. The van der Waals surface area contributed by atoms with Gasteiger partial charge >= 0.3 is 0 Å². The van der Waals surface area contributed by atoms with Gasteiger partial charge in [0.1, 0.15) is 6.04 Å². The van der Waals surface area contributed by atoms with Gasteiger partial charge in [0, 0.05) is 26.1 Å². The van der Waals surface area contributed by atoms with Gasteiger partial charge in [-0.05, 0) is 62.4 Å². The molecule has 2 amide bonds. The summed E-state index contributed by atoms with van der Waals surface area (Å²) in [7, 11) is -3.51. The van der Waals surface area contributed by atoms with E-state index in [1.54, 1.807) is 17.9 Å². The van der Waals surface area contributed by atoms with Gasteiger partial charge in [-0.15, -0.1) is 0 Å². The second kappa shape index (κ2) is 13.3. The van der Waals surface area contributed by atoms with Gasteiger partial charge in [0.2, 0.25) is 21.8 Å². The highest BCUT2D eigenvalue weighted by Gasteiger charge is 2.26. The molecule has 1 unspecified atom stereocenters. The molecule has 8 heteroatoms. The third kappa shape index (κ3) is 8.69. The van der Waals surface area contributed by atoms with Crippen molar-refractivity contribution in [3.63, 3.8) is 0 Å². The Morgan fingerprint density at radius 2 is 1.74 bits per heavy atom. The Morgan fingerprint density at radius 1 is 1.03 bits per heavy atom. The molecular weight excluding hydrogens is 462 g/mol. The molecule has 0 heterocycles. The highest BCUT2D eigenvalue weighted by molar-refractivity contribution is 7.92. The quantitative estimate of drug-likeness (QED) is 0.417. The number of unbranched alkanes of at least 4 members (excludes halogenated alkanes) is 1. The van der Waals surface area contributed by atoms with Gasteiger partial charge in [-0.25, -0.2) is 8.42 Å². The minimum absolute atomic E-state index is 0.135. The summed E-state index contributed by atoms with van der Waals surface area (Å²) in [5.74, 6) is -0.359. The number of rotatable bonds is 13. The summed E-state index contributed by atoms with van der Waals surface area (Å²) in [6.45, 7) is 8.77. The lowest BCUT2D eigenvalue weighted by Gasteiger charge is -2.30. The molecule has 7 nitrogen and oxygen atoms in total. The van der Waals surface area contributed by atoms with Crippen LogP contribution in [0.2, 0.25) is 0 Å². The zero-order valence-corrected chi connectivity index (χ0v) is 22.4. The number of aryl methyl sites for hydroxylation is 2. The summed E-state index contributed by atoms with van der Waals surface area (Å²) in [5.41, 5.74) is 3.57. The molecule has 0 aromatic heterocycles. The van der Waals surface area contributed by atoms with Gasteiger partial charge < -0.3 is 10.2 Å². The van der Waals surface area contributed by atoms with Crippen molar-refractivity contribution in [3.8, 4) is 0 Å². The van der Waals surface area contributed by atoms with Crippen LogP contribution in [-0.4, -0.2) is 50.5 Å². The molecule has 0 aliphatic rings. The molecule has 0 bridgehead atoms. The predicted octanol–water partition coefficient (Wildman–Crippen LogP) is 4.18. The number of carbonyl (C=O) groups excluding carboxylic acids is 2. The van der Waals surface area contributed by atoms with E-state index >= 15 is 0 Å². The van der Waals surface area contributed by atoms with E-state index in [2.05, 4.69) is 12.2 Å². The van der Waals surface area contributed by atoms with Crippen LogP contribution in [0.15, 0.2) is 48.5 Å². The van der Waals surface area contributed by atoms with Crippen LogP contribution in [0.1, 0.15) is 56.2 Å². The molecule has 0 fully saturated rings. The van der Waals surface area contributed by atoms with Gasteiger partial charge in [-0.2, -0.15) is 0 Å². The first-order valence-electron chi connectivity index (χ1n) is 12.2. The topological polar surface area (TPSA) is 86.8 Å². The number of carbonyl (C=O) groups is 2. The second-order valence-electron chi connectivity index (χ2n) is 9.05. The summed E-state index contributed by atoms with van der Waals surface area (Å²) < 4.78 is 26.2. The second-order valence-corrected chi connectivity index (χ2v) is 11.0. The molecule has 0 aliphatic heterocycles. The average molecular weight is 502 g/mol. The fourth-order valence-electron chi connectivity index (χ4n) is 3.88. The zero-order chi connectivity index (χ0) is 26.0. The lowest BCUT2D eigenvalue weighted by atomic mass is 10.1. The van der Waals surface area contributed by atoms with E-state index in [-0.39, 0.29) is 24.8 Å². The van der Waals surface area contributed by atoms with Crippen LogP contribution in [0.3, 0.4) is 0 Å². The summed E-state index contributed by atoms with van der Waals surface area (Å²) in [5, 5.41) is 2.92. The minimum Gasteiger partial charge on any atom is -0.354 e. The zero-order valence-electron chi connectivity index (χ0n) is 21.6. The molecule has 2 aromatic carbocycles. The summed E-state index contributed by atoms with van der Waals surface area (Å²) >= 11 is 0. The first-order valence-corrected chi connectivity index (χ1v) is 14.1. The first-order chi connectivity index (χ1) is 16.5. The van der Waals surface area contributed by atoms with Gasteiger partial charge in [-0.3, -0.25) is 13.9 Å². The largest absolute Gasteiger partial charge is 0.354 e. The molecule has 192 valence electrons. The van der Waals surface area contributed by atoms with Crippen molar-refractivity contribution in [2.45, 2.75) is 66.0 Å². The van der Waals surface area contributed by atoms with E-state index in [0.717, 1.165) is 29.5 Å². The van der Waals surface area contributed by atoms with Crippen LogP contribution >= 0.6 is 0 Å². The van der Waals surface area contributed by atoms with Gasteiger partial charge in [0.25, 0.3) is 0 Å². The van der Waals surface area contributed by atoms with Crippen LogP contribution in [-0.2, 0) is 26.2 Å². The van der Waals surface area contributed by atoms with Gasteiger partial charge in [0.05, 0.1) is 11.9 Å². The Bertz CT molecular complexity index is 1100. The Hall–Kier alpha value is -2.87. The van der Waals surface area contributed by atoms with E-state index in [0.29, 0.717) is 25.2 Å².